The van der Waals surface area contributed by atoms with Crippen LogP contribution in [0.3, 0.4) is 0 Å². The predicted octanol–water partition coefficient (Wildman–Crippen LogP) is 3.42. The fourth-order valence-electron chi connectivity index (χ4n) is 3.52. The topological polar surface area (TPSA) is 59.6 Å². The highest BCUT2D eigenvalue weighted by Gasteiger charge is 2.39. The van der Waals surface area contributed by atoms with Crippen molar-refractivity contribution in [1.29, 1.82) is 0 Å². The molecule has 5 nitrogen and oxygen atoms in total. The van der Waals surface area contributed by atoms with Crippen LogP contribution in [0.4, 0.5) is 0 Å². The van der Waals surface area contributed by atoms with Gasteiger partial charge in [-0.05, 0) is 50.6 Å². The summed E-state index contributed by atoms with van der Waals surface area (Å²) in [7, 11) is 1.66. The SMILES string of the molecule is COCC1(C(=O)NCc2ccccc2Oc2ccccc2C)CCNCC1. The zero-order valence-corrected chi connectivity index (χ0v) is 16.1. The number of hydrogen-bond donors (Lipinski definition) is 2. The molecular formula is C22H28N2O3. The molecule has 0 aromatic heterocycles. The Morgan fingerprint density at radius 2 is 1.74 bits per heavy atom. The Morgan fingerprint density at radius 3 is 2.44 bits per heavy atom. The van der Waals surface area contributed by atoms with Crippen LogP contribution in [-0.4, -0.2) is 32.7 Å². The second-order valence-electron chi connectivity index (χ2n) is 7.12. The molecule has 2 aromatic carbocycles. The smallest absolute Gasteiger partial charge is 0.228 e. The molecule has 0 atom stereocenters. The number of hydrogen-bond acceptors (Lipinski definition) is 4. The van der Waals surface area contributed by atoms with E-state index < -0.39 is 5.41 Å². The molecule has 0 spiro atoms. The maximum absolute atomic E-state index is 12.9. The minimum Gasteiger partial charge on any atom is -0.457 e. The Hall–Kier alpha value is -2.37. The van der Waals surface area contributed by atoms with Crippen LogP contribution in [0.15, 0.2) is 48.5 Å². The summed E-state index contributed by atoms with van der Waals surface area (Å²) in [5, 5.41) is 6.42. The van der Waals surface area contributed by atoms with Gasteiger partial charge in [-0.1, -0.05) is 36.4 Å². The summed E-state index contributed by atoms with van der Waals surface area (Å²) in [6.07, 6.45) is 1.57. The van der Waals surface area contributed by atoms with Gasteiger partial charge in [-0.3, -0.25) is 4.79 Å². The monoisotopic (exact) mass is 368 g/mol. The van der Waals surface area contributed by atoms with Gasteiger partial charge in [0.15, 0.2) is 0 Å². The lowest BCUT2D eigenvalue weighted by molar-refractivity contribution is -0.136. The molecule has 144 valence electrons. The number of nitrogens with one attached hydrogen (secondary N) is 2. The van der Waals surface area contributed by atoms with E-state index in [2.05, 4.69) is 10.6 Å². The van der Waals surface area contributed by atoms with Gasteiger partial charge in [0.05, 0.1) is 12.0 Å². The van der Waals surface area contributed by atoms with Crippen LogP contribution in [0.2, 0.25) is 0 Å². The van der Waals surface area contributed by atoms with Crippen molar-refractivity contribution in [3.05, 3.63) is 59.7 Å². The first-order chi connectivity index (χ1) is 13.1. The quantitative estimate of drug-likeness (QED) is 0.786. The van der Waals surface area contributed by atoms with E-state index in [1.54, 1.807) is 7.11 Å². The Kier molecular flexibility index (Phi) is 6.48. The largest absolute Gasteiger partial charge is 0.457 e. The number of carbonyl (C=O) groups is 1. The molecule has 3 rings (SSSR count). The number of benzene rings is 2. The first-order valence-electron chi connectivity index (χ1n) is 9.44. The third-order valence-corrected chi connectivity index (χ3v) is 5.19. The van der Waals surface area contributed by atoms with Crippen LogP contribution in [-0.2, 0) is 16.1 Å². The normalized spacial score (nSPS) is 15.9. The van der Waals surface area contributed by atoms with E-state index in [0.29, 0.717) is 13.2 Å². The van der Waals surface area contributed by atoms with Crippen molar-refractivity contribution >= 4 is 5.91 Å². The summed E-state index contributed by atoms with van der Waals surface area (Å²) in [6, 6.07) is 15.7. The summed E-state index contributed by atoms with van der Waals surface area (Å²) in [4.78, 5) is 12.9. The number of rotatable bonds is 7. The molecule has 1 saturated heterocycles. The lowest BCUT2D eigenvalue weighted by Gasteiger charge is -2.35. The van der Waals surface area contributed by atoms with Crippen LogP contribution in [0.1, 0.15) is 24.0 Å². The van der Waals surface area contributed by atoms with Crippen molar-refractivity contribution in [3.63, 3.8) is 0 Å². The highest BCUT2D eigenvalue weighted by atomic mass is 16.5. The average molecular weight is 368 g/mol. The number of ether oxygens (including phenoxy) is 2. The van der Waals surface area contributed by atoms with Crippen molar-refractivity contribution in [2.24, 2.45) is 5.41 Å². The van der Waals surface area contributed by atoms with E-state index in [1.165, 1.54) is 0 Å². The van der Waals surface area contributed by atoms with Crippen LogP contribution < -0.4 is 15.4 Å². The van der Waals surface area contributed by atoms with Gasteiger partial charge in [-0.2, -0.15) is 0 Å². The maximum Gasteiger partial charge on any atom is 0.228 e. The summed E-state index contributed by atoms with van der Waals surface area (Å²) in [5.74, 6) is 1.64. The lowest BCUT2D eigenvalue weighted by atomic mass is 9.78. The fraction of sp³-hybridized carbons (Fsp3) is 0.409. The Balaban J connectivity index is 1.71. The molecule has 1 amide bonds. The summed E-state index contributed by atoms with van der Waals surface area (Å²) in [6.45, 7) is 4.57. The predicted molar refractivity (Wildman–Crippen MR) is 106 cm³/mol. The number of para-hydroxylation sites is 2. The molecule has 1 fully saturated rings. The van der Waals surface area contributed by atoms with Gasteiger partial charge in [0.25, 0.3) is 0 Å². The highest BCUT2D eigenvalue weighted by Crippen LogP contribution is 2.31. The fourth-order valence-corrected chi connectivity index (χ4v) is 3.52. The highest BCUT2D eigenvalue weighted by molar-refractivity contribution is 5.83. The molecular weight excluding hydrogens is 340 g/mol. The van der Waals surface area contributed by atoms with E-state index >= 15 is 0 Å². The van der Waals surface area contributed by atoms with E-state index in [0.717, 1.165) is 48.6 Å². The first-order valence-corrected chi connectivity index (χ1v) is 9.44. The number of piperidine rings is 1. The minimum atomic E-state index is -0.453. The molecule has 2 N–H and O–H groups in total. The van der Waals surface area contributed by atoms with Gasteiger partial charge < -0.3 is 20.1 Å². The van der Waals surface area contributed by atoms with Crippen LogP contribution in [0.5, 0.6) is 11.5 Å². The van der Waals surface area contributed by atoms with E-state index in [-0.39, 0.29) is 5.91 Å². The zero-order chi connectivity index (χ0) is 19.1. The van der Waals surface area contributed by atoms with Crippen molar-refractivity contribution in [1.82, 2.24) is 10.6 Å². The van der Waals surface area contributed by atoms with Gasteiger partial charge in [0.1, 0.15) is 11.5 Å². The number of methoxy groups -OCH3 is 1. The molecule has 1 aliphatic heterocycles. The van der Waals surface area contributed by atoms with Gasteiger partial charge in [-0.15, -0.1) is 0 Å². The number of carbonyl (C=O) groups excluding carboxylic acids is 1. The van der Waals surface area contributed by atoms with Crippen molar-refractivity contribution < 1.29 is 14.3 Å². The molecule has 0 bridgehead atoms. The van der Waals surface area contributed by atoms with Crippen LogP contribution >= 0.6 is 0 Å². The minimum absolute atomic E-state index is 0.0524. The van der Waals surface area contributed by atoms with Crippen molar-refractivity contribution in [2.45, 2.75) is 26.3 Å². The van der Waals surface area contributed by atoms with E-state index in [9.17, 15) is 4.79 Å². The maximum atomic E-state index is 12.9. The second kappa shape index (κ2) is 9.02. The second-order valence-corrected chi connectivity index (χ2v) is 7.12. The zero-order valence-electron chi connectivity index (χ0n) is 16.1. The lowest BCUT2D eigenvalue weighted by Crippen LogP contribution is -2.49. The molecule has 27 heavy (non-hydrogen) atoms. The van der Waals surface area contributed by atoms with Crippen molar-refractivity contribution in [3.8, 4) is 11.5 Å². The molecule has 2 aromatic rings. The number of amides is 1. The Labute approximate surface area is 161 Å². The van der Waals surface area contributed by atoms with E-state index in [1.807, 2.05) is 55.5 Å². The molecule has 0 saturated carbocycles. The summed E-state index contributed by atoms with van der Waals surface area (Å²) in [5.41, 5.74) is 1.58. The van der Waals surface area contributed by atoms with Crippen LogP contribution in [0, 0.1) is 12.3 Å². The summed E-state index contributed by atoms with van der Waals surface area (Å²) < 4.78 is 11.5. The molecule has 0 radical (unpaired) electrons. The van der Waals surface area contributed by atoms with Crippen LogP contribution in [0.25, 0.3) is 0 Å². The average Bonchev–Trinajstić information content (AvgIpc) is 2.70. The summed E-state index contributed by atoms with van der Waals surface area (Å²) >= 11 is 0. The van der Waals surface area contributed by atoms with Gasteiger partial charge in [0.2, 0.25) is 5.91 Å². The van der Waals surface area contributed by atoms with Gasteiger partial charge >= 0.3 is 0 Å². The van der Waals surface area contributed by atoms with Crippen molar-refractivity contribution in [2.75, 3.05) is 26.8 Å². The molecule has 5 heteroatoms. The third-order valence-electron chi connectivity index (χ3n) is 5.19. The Bertz CT molecular complexity index is 764. The van der Waals surface area contributed by atoms with E-state index in [4.69, 9.17) is 9.47 Å². The molecule has 0 aliphatic carbocycles. The van der Waals surface area contributed by atoms with Gasteiger partial charge in [0, 0.05) is 19.2 Å². The molecule has 0 unspecified atom stereocenters. The molecule has 1 heterocycles. The third kappa shape index (κ3) is 4.67. The first kappa shape index (κ1) is 19.4. The standard InChI is InChI=1S/C22H28N2O3/c1-17-7-3-5-9-19(17)27-20-10-6-4-8-18(20)15-24-21(25)22(16-26-2)11-13-23-14-12-22/h3-10,23H,11-16H2,1-2H3,(H,24,25). The number of aryl methyl sites for hydroxylation is 1. The Morgan fingerprint density at radius 1 is 1.07 bits per heavy atom. The molecule has 1 aliphatic rings. The van der Waals surface area contributed by atoms with Gasteiger partial charge in [-0.25, -0.2) is 0 Å².